The number of rotatable bonds is 5. The van der Waals surface area contributed by atoms with Crippen molar-refractivity contribution in [3.8, 4) is 5.75 Å². The van der Waals surface area contributed by atoms with E-state index in [4.69, 9.17) is 4.74 Å². The van der Waals surface area contributed by atoms with Crippen molar-refractivity contribution in [3.63, 3.8) is 0 Å². The van der Waals surface area contributed by atoms with Crippen LogP contribution >= 0.6 is 0 Å². The SMILES string of the molecule is COc1cccc(Cn2nccc2CNC(C)(C)C)c1. The summed E-state index contributed by atoms with van der Waals surface area (Å²) in [6.45, 7) is 8.06. The zero-order valence-corrected chi connectivity index (χ0v) is 12.7. The van der Waals surface area contributed by atoms with Gasteiger partial charge in [-0.15, -0.1) is 0 Å². The topological polar surface area (TPSA) is 39.1 Å². The second-order valence-corrected chi connectivity index (χ2v) is 5.94. The van der Waals surface area contributed by atoms with Gasteiger partial charge in [-0.2, -0.15) is 5.10 Å². The Morgan fingerprint density at radius 1 is 1.25 bits per heavy atom. The average molecular weight is 273 g/mol. The number of hydrogen-bond acceptors (Lipinski definition) is 3. The van der Waals surface area contributed by atoms with Crippen LogP contribution < -0.4 is 10.1 Å². The summed E-state index contributed by atoms with van der Waals surface area (Å²) in [5, 5.41) is 7.89. The normalized spacial score (nSPS) is 11.6. The fourth-order valence-corrected chi connectivity index (χ4v) is 1.95. The van der Waals surface area contributed by atoms with Crippen LogP contribution in [0.15, 0.2) is 36.5 Å². The van der Waals surface area contributed by atoms with Crippen LogP contribution in [0, 0.1) is 0 Å². The Bertz CT molecular complexity index is 555. The predicted octanol–water partition coefficient (Wildman–Crippen LogP) is 2.83. The highest BCUT2D eigenvalue weighted by Crippen LogP contribution is 2.14. The van der Waals surface area contributed by atoms with E-state index < -0.39 is 0 Å². The highest BCUT2D eigenvalue weighted by molar-refractivity contribution is 5.28. The standard InChI is InChI=1S/C16H23N3O/c1-16(2,3)17-11-14-8-9-18-19(14)12-13-6-5-7-15(10-13)20-4/h5-10,17H,11-12H2,1-4H3. The first-order chi connectivity index (χ1) is 9.48. The highest BCUT2D eigenvalue weighted by Gasteiger charge is 2.11. The molecule has 20 heavy (non-hydrogen) atoms. The lowest BCUT2D eigenvalue weighted by molar-refractivity contribution is 0.411. The van der Waals surface area contributed by atoms with Crippen molar-refractivity contribution >= 4 is 0 Å². The molecule has 0 fully saturated rings. The van der Waals surface area contributed by atoms with Crippen LogP contribution in [0.4, 0.5) is 0 Å². The molecule has 0 aliphatic heterocycles. The summed E-state index contributed by atoms with van der Waals surface area (Å²) in [7, 11) is 1.69. The third kappa shape index (κ3) is 4.10. The molecule has 0 unspecified atom stereocenters. The van der Waals surface area contributed by atoms with Gasteiger partial charge in [0.15, 0.2) is 0 Å². The van der Waals surface area contributed by atoms with E-state index in [9.17, 15) is 0 Å². The molecule has 0 aliphatic rings. The maximum Gasteiger partial charge on any atom is 0.119 e. The van der Waals surface area contributed by atoms with Crippen LogP contribution in [0.3, 0.4) is 0 Å². The number of ether oxygens (including phenoxy) is 1. The second-order valence-electron chi connectivity index (χ2n) is 5.94. The van der Waals surface area contributed by atoms with Crippen molar-refractivity contribution in [3.05, 3.63) is 47.8 Å². The van der Waals surface area contributed by atoms with Gasteiger partial charge in [0.2, 0.25) is 0 Å². The van der Waals surface area contributed by atoms with Gasteiger partial charge in [0, 0.05) is 18.3 Å². The fraction of sp³-hybridized carbons (Fsp3) is 0.438. The van der Waals surface area contributed by atoms with Gasteiger partial charge in [-0.05, 0) is 44.5 Å². The maximum absolute atomic E-state index is 5.25. The van der Waals surface area contributed by atoms with Gasteiger partial charge in [0.1, 0.15) is 5.75 Å². The van der Waals surface area contributed by atoms with Gasteiger partial charge in [0.05, 0.1) is 19.3 Å². The minimum Gasteiger partial charge on any atom is -0.497 e. The van der Waals surface area contributed by atoms with Gasteiger partial charge < -0.3 is 10.1 Å². The van der Waals surface area contributed by atoms with Crippen molar-refractivity contribution in [2.45, 2.75) is 39.4 Å². The van der Waals surface area contributed by atoms with Gasteiger partial charge in [-0.3, -0.25) is 4.68 Å². The Labute approximate surface area is 120 Å². The van der Waals surface area contributed by atoms with Crippen LogP contribution in [-0.2, 0) is 13.1 Å². The number of nitrogens with one attached hydrogen (secondary N) is 1. The van der Waals surface area contributed by atoms with Crippen molar-refractivity contribution in [1.29, 1.82) is 0 Å². The first-order valence-electron chi connectivity index (χ1n) is 6.86. The van der Waals surface area contributed by atoms with E-state index in [0.717, 1.165) is 18.8 Å². The maximum atomic E-state index is 5.25. The smallest absolute Gasteiger partial charge is 0.119 e. The van der Waals surface area contributed by atoms with E-state index in [1.165, 1.54) is 11.3 Å². The Morgan fingerprint density at radius 3 is 2.75 bits per heavy atom. The molecule has 2 aromatic rings. The van der Waals surface area contributed by atoms with Gasteiger partial charge >= 0.3 is 0 Å². The summed E-state index contributed by atoms with van der Waals surface area (Å²) in [6.07, 6.45) is 1.85. The third-order valence-electron chi connectivity index (χ3n) is 3.07. The minimum atomic E-state index is 0.102. The van der Waals surface area contributed by atoms with E-state index in [1.54, 1.807) is 7.11 Å². The molecule has 1 aromatic carbocycles. The van der Waals surface area contributed by atoms with E-state index >= 15 is 0 Å². The summed E-state index contributed by atoms with van der Waals surface area (Å²) in [4.78, 5) is 0. The van der Waals surface area contributed by atoms with E-state index in [2.05, 4.69) is 43.3 Å². The lowest BCUT2D eigenvalue weighted by atomic mass is 10.1. The Hall–Kier alpha value is -1.81. The zero-order chi connectivity index (χ0) is 14.6. The molecule has 0 bridgehead atoms. The number of methoxy groups -OCH3 is 1. The number of nitrogens with zero attached hydrogens (tertiary/aromatic N) is 2. The van der Waals surface area contributed by atoms with Crippen LogP contribution in [-0.4, -0.2) is 22.4 Å². The molecular weight excluding hydrogens is 250 g/mol. The molecule has 108 valence electrons. The molecule has 0 aliphatic carbocycles. The van der Waals surface area contributed by atoms with Gasteiger partial charge in [-0.1, -0.05) is 12.1 Å². The minimum absolute atomic E-state index is 0.102. The fourth-order valence-electron chi connectivity index (χ4n) is 1.95. The van der Waals surface area contributed by atoms with Crippen molar-refractivity contribution in [2.75, 3.05) is 7.11 Å². The number of aromatic nitrogens is 2. The molecule has 4 heteroatoms. The summed E-state index contributed by atoms with van der Waals surface area (Å²) in [5.41, 5.74) is 2.47. The molecule has 0 radical (unpaired) electrons. The quantitative estimate of drug-likeness (QED) is 0.910. The Kier molecular flexibility index (Phi) is 4.45. The molecule has 0 saturated carbocycles. The van der Waals surface area contributed by atoms with E-state index in [1.807, 2.05) is 29.1 Å². The lowest BCUT2D eigenvalue weighted by Gasteiger charge is -2.20. The zero-order valence-electron chi connectivity index (χ0n) is 12.7. The Morgan fingerprint density at radius 2 is 2.05 bits per heavy atom. The molecule has 0 saturated heterocycles. The molecular formula is C16H23N3O. The Balaban J connectivity index is 2.08. The second kappa shape index (κ2) is 6.09. The monoisotopic (exact) mass is 273 g/mol. The molecule has 0 amide bonds. The number of benzene rings is 1. The summed E-state index contributed by atoms with van der Waals surface area (Å²) >= 11 is 0. The van der Waals surface area contributed by atoms with Gasteiger partial charge in [0.25, 0.3) is 0 Å². The van der Waals surface area contributed by atoms with Crippen LogP contribution in [0.1, 0.15) is 32.0 Å². The molecule has 0 spiro atoms. The lowest BCUT2D eigenvalue weighted by Crippen LogP contribution is -2.35. The molecule has 2 rings (SSSR count). The van der Waals surface area contributed by atoms with Crippen molar-refractivity contribution in [1.82, 2.24) is 15.1 Å². The van der Waals surface area contributed by atoms with Crippen LogP contribution in [0.25, 0.3) is 0 Å². The van der Waals surface area contributed by atoms with Crippen molar-refractivity contribution < 1.29 is 4.74 Å². The molecule has 0 atom stereocenters. The molecule has 1 heterocycles. The van der Waals surface area contributed by atoms with Crippen LogP contribution in [0.5, 0.6) is 5.75 Å². The number of hydrogen-bond donors (Lipinski definition) is 1. The van der Waals surface area contributed by atoms with Gasteiger partial charge in [-0.25, -0.2) is 0 Å². The summed E-state index contributed by atoms with van der Waals surface area (Å²) in [5.74, 6) is 0.879. The molecule has 4 nitrogen and oxygen atoms in total. The third-order valence-corrected chi connectivity index (χ3v) is 3.07. The predicted molar refractivity (Wildman–Crippen MR) is 80.9 cm³/mol. The summed E-state index contributed by atoms with van der Waals surface area (Å²) < 4.78 is 7.28. The van der Waals surface area contributed by atoms with Crippen LogP contribution in [0.2, 0.25) is 0 Å². The summed E-state index contributed by atoms with van der Waals surface area (Å²) in [6, 6.07) is 10.1. The van der Waals surface area contributed by atoms with E-state index in [0.29, 0.717) is 0 Å². The van der Waals surface area contributed by atoms with E-state index in [-0.39, 0.29) is 5.54 Å². The first-order valence-corrected chi connectivity index (χ1v) is 6.86. The van der Waals surface area contributed by atoms with Crippen molar-refractivity contribution in [2.24, 2.45) is 0 Å². The average Bonchev–Trinajstić information content (AvgIpc) is 2.83. The molecule has 1 aromatic heterocycles. The highest BCUT2D eigenvalue weighted by atomic mass is 16.5. The first kappa shape index (κ1) is 14.6. The molecule has 1 N–H and O–H groups in total. The largest absolute Gasteiger partial charge is 0.497 e.